The average Bonchev–Trinajstić information content (AvgIpc) is 2.31. The average molecular weight is 184 g/mol. The van der Waals surface area contributed by atoms with Crippen LogP contribution in [0.1, 0.15) is 6.42 Å². The monoisotopic (exact) mass is 184 g/mol. The summed E-state index contributed by atoms with van der Waals surface area (Å²) in [5.41, 5.74) is 0. The van der Waals surface area contributed by atoms with Gasteiger partial charge in [-0.2, -0.15) is 0 Å². The van der Waals surface area contributed by atoms with Gasteiger partial charge in [-0.15, -0.1) is 6.58 Å². The van der Waals surface area contributed by atoms with Gasteiger partial charge in [-0.3, -0.25) is 4.79 Å². The number of carbonyl (C=O) groups excluding carboxylic acids is 1. The van der Waals surface area contributed by atoms with Crippen molar-refractivity contribution in [2.45, 2.75) is 12.5 Å². The Morgan fingerprint density at radius 2 is 2.54 bits per heavy atom. The molecule has 0 aromatic heterocycles. The number of amides is 2. The van der Waals surface area contributed by atoms with Crippen LogP contribution in [0.25, 0.3) is 0 Å². The topological polar surface area (TPSA) is 69.6 Å². The molecule has 72 valence electrons. The maximum absolute atomic E-state index is 11.1. The summed E-state index contributed by atoms with van der Waals surface area (Å²) in [5.74, 6) is -0.897. The van der Waals surface area contributed by atoms with Gasteiger partial charge in [-0.1, -0.05) is 6.08 Å². The van der Waals surface area contributed by atoms with Gasteiger partial charge in [0, 0.05) is 13.1 Å². The molecule has 1 atom stereocenters. The summed E-state index contributed by atoms with van der Waals surface area (Å²) in [5, 5.41) is 11.1. The first-order chi connectivity index (χ1) is 6.13. The van der Waals surface area contributed by atoms with Gasteiger partial charge in [0.2, 0.25) is 0 Å². The number of urea groups is 1. The lowest BCUT2D eigenvalue weighted by Crippen LogP contribution is -2.29. The van der Waals surface area contributed by atoms with Crippen molar-refractivity contribution in [3.8, 4) is 0 Å². The van der Waals surface area contributed by atoms with Gasteiger partial charge in [0.1, 0.15) is 0 Å². The number of carboxylic acids is 1. The Morgan fingerprint density at radius 3 is 3.08 bits per heavy atom. The maximum atomic E-state index is 11.1. The van der Waals surface area contributed by atoms with Gasteiger partial charge >= 0.3 is 12.0 Å². The van der Waals surface area contributed by atoms with Crippen LogP contribution in [0.5, 0.6) is 0 Å². The third-order valence-electron chi connectivity index (χ3n) is 1.83. The Balaban J connectivity index is 2.44. The zero-order valence-electron chi connectivity index (χ0n) is 7.19. The zero-order chi connectivity index (χ0) is 9.84. The van der Waals surface area contributed by atoms with E-state index in [0.29, 0.717) is 13.1 Å². The van der Waals surface area contributed by atoms with Crippen LogP contribution < -0.4 is 5.32 Å². The van der Waals surface area contributed by atoms with Crippen LogP contribution in [0.2, 0.25) is 0 Å². The third kappa shape index (κ3) is 2.47. The fourth-order valence-electron chi connectivity index (χ4n) is 1.30. The molecule has 0 radical (unpaired) electrons. The Morgan fingerprint density at radius 1 is 1.85 bits per heavy atom. The number of carbonyl (C=O) groups is 2. The molecular formula is C8H12N2O3. The molecule has 13 heavy (non-hydrogen) atoms. The molecule has 2 amide bonds. The highest BCUT2D eigenvalue weighted by atomic mass is 16.4. The third-order valence-corrected chi connectivity index (χ3v) is 1.83. The number of hydrogen-bond donors (Lipinski definition) is 2. The molecule has 0 saturated carbocycles. The lowest BCUT2D eigenvalue weighted by molar-refractivity contribution is -0.137. The Labute approximate surface area is 76.0 Å². The fraction of sp³-hybridized carbons (Fsp3) is 0.500. The molecular weight excluding hydrogens is 172 g/mol. The molecule has 0 spiro atoms. The van der Waals surface area contributed by atoms with Crippen molar-refractivity contribution in [3.63, 3.8) is 0 Å². The van der Waals surface area contributed by atoms with Crippen molar-refractivity contribution in [1.82, 2.24) is 10.2 Å². The fourth-order valence-corrected chi connectivity index (χ4v) is 1.30. The van der Waals surface area contributed by atoms with E-state index in [1.54, 1.807) is 6.08 Å². The Hall–Kier alpha value is -1.52. The highest BCUT2D eigenvalue weighted by Crippen LogP contribution is 2.06. The van der Waals surface area contributed by atoms with Crippen molar-refractivity contribution in [1.29, 1.82) is 0 Å². The van der Waals surface area contributed by atoms with E-state index >= 15 is 0 Å². The molecule has 0 aromatic carbocycles. The van der Waals surface area contributed by atoms with Gasteiger partial charge in [0.25, 0.3) is 0 Å². The molecule has 1 aliphatic rings. The molecule has 5 heteroatoms. The van der Waals surface area contributed by atoms with Crippen molar-refractivity contribution in [3.05, 3.63) is 12.7 Å². The van der Waals surface area contributed by atoms with Crippen LogP contribution in [0, 0.1) is 0 Å². The first kappa shape index (κ1) is 9.57. The Bertz CT molecular complexity index is 240. The summed E-state index contributed by atoms with van der Waals surface area (Å²) in [7, 11) is 0. The van der Waals surface area contributed by atoms with E-state index in [9.17, 15) is 9.59 Å². The Kier molecular flexibility index (Phi) is 2.89. The van der Waals surface area contributed by atoms with E-state index in [2.05, 4.69) is 11.9 Å². The molecule has 1 fully saturated rings. The zero-order valence-corrected chi connectivity index (χ0v) is 7.19. The molecule has 1 heterocycles. The first-order valence-electron chi connectivity index (χ1n) is 4.01. The second kappa shape index (κ2) is 3.93. The number of carboxylic acid groups (broad SMARTS) is 1. The van der Waals surface area contributed by atoms with Gasteiger partial charge in [0.15, 0.2) is 0 Å². The van der Waals surface area contributed by atoms with E-state index < -0.39 is 5.97 Å². The van der Waals surface area contributed by atoms with E-state index in [1.165, 1.54) is 4.90 Å². The minimum absolute atomic E-state index is 0.0284. The minimum Gasteiger partial charge on any atom is -0.481 e. The molecule has 0 bridgehead atoms. The van der Waals surface area contributed by atoms with Crippen molar-refractivity contribution >= 4 is 12.0 Å². The van der Waals surface area contributed by atoms with Gasteiger partial charge in [-0.25, -0.2) is 4.79 Å². The smallest absolute Gasteiger partial charge is 0.318 e. The second-order valence-corrected chi connectivity index (χ2v) is 2.94. The van der Waals surface area contributed by atoms with Crippen LogP contribution in [0.4, 0.5) is 4.79 Å². The maximum Gasteiger partial charge on any atom is 0.318 e. The molecule has 1 saturated heterocycles. The predicted molar refractivity (Wildman–Crippen MR) is 46.3 cm³/mol. The van der Waals surface area contributed by atoms with Crippen molar-refractivity contribution in [2.24, 2.45) is 0 Å². The van der Waals surface area contributed by atoms with E-state index in [4.69, 9.17) is 5.11 Å². The summed E-state index contributed by atoms with van der Waals surface area (Å²) in [4.78, 5) is 23.0. The number of rotatable bonds is 4. The van der Waals surface area contributed by atoms with Crippen molar-refractivity contribution in [2.75, 3.05) is 13.1 Å². The minimum atomic E-state index is -0.897. The summed E-state index contributed by atoms with van der Waals surface area (Å²) in [6.45, 7) is 4.41. The van der Waals surface area contributed by atoms with E-state index in [-0.39, 0.29) is 18.5 Å². The normalized spacial score (nSPS) is 21.4. The summed E-state index contributed by atoms with van der Waals surface area (Å²) >= 11 is 0. The second-order valence-electron chi connectivity index (χ2n) is 2.94. The molecule has 1 unspecified atom stereocenters. The van der Waals surface area contributed by atoms with Crippen molar-refractivity contribution < 1.29 is 14.7 Å². The molecule has 5 nitrogen and oxygen atoms in total. The molecule has 1 aliphatic heterocycles. The quantitative estimate of drug-likeness (QED) is 0.606. The highest BCUT2D eigenvalue weighted by molar-refractivity contribution is 5.78. The summed E-state index contributed by atoms with van der Waals surface area (Å²) in [6, 6.07) is -0.490. The van der Waals surface area contributed by atoms with Crippen LogP contribution in [0.3, 0.4) is 0 Å². The van der Waals surface area contributed by atoms with E-state index in [0.717, 1.165) is 0 Å². The summed E-state index contributed by atoms with van der Waals surface area (Å²) in [6.07, 6.45) is 1.59. The molecule has 1 rings (SSSR count). The SMILES string of the molecule is C=CCN1CC(CC(=O)O)NC1=O. The predicted octanol–water partition coefficient (Wildman–Crippen LogP) is 0.0409. The lowest BCUT2D eigenvalue weighted by Gasteiger charge is -2.10. The van der Waals surface area contributed by atoms with Crippen LogP contribution in [0.15, 0.2) is 12.7 Å². The van der Waals surface area contributed by atoms with Gasteiger partial charge < -0.3 is 15.3 Å². The summed E-state index contributed by atoms with van der Waals surface area (Å²) < 4.78 is 0. The van der Waals surface area contributed by atoms with E-state index in [1.807, 2.05) is 0 Å². The van der Waals surface area contributed by atoms with Gasteiger partial charge in [0.05, 0.1) is 12.5 Å². The van der Waals surface area contributed by atoms with Crippen LogP contribution in [-0.4, -0.2) is 41.1 Å². The van der Waals surface area contributed by atoms with Crippen LogP contribution >= 0.6 is 0 Å². The largest absolute Gasteiger partial charge is 0.481 e. The highest BCUT2D eigenvalue weighted by Gasteiger charge is 2.28. The molecule has 0 aromatic rings. The van der Waals surface area contributed by atoms with Crippen LogP contribution in [-0.2, 0) is 4.79 Å². The number of aliphatic carboxylic acids is 1. The number of nitrogens with zero attached hydrogens (tertiary/aromatic N) is 1. The van der Waals surface area contributed by atoms with Gasteiger partial charge in [-0.05, 0) is 0 Å². The molecule has 0 aliphatic carbocycles. The first-order valence-corrected chi connectivity index (χ1v) is 4.01. The molecule has 2 N–H and O–H groups in total. The standard InChI is InChI=1S/C8H12N2O3/c1-2-3-10-5-6(4-7(11)12)9-8(10)13/h2,6H,1,3-5H2,(H,9,13)(H,11,12). The number of nitrogens with one attached hydrogen (secondary N) is 1. The number of hydrogen-bond acceptors (Lipinski definition) is 2. The lowest BCUT2D eigenvalue weighted by atomic mass is 10.2.